The molecule has 0 saturated carbocycles. The van der Waals surface area contributed by atoms with Crippen LogP contribution in [0.15, 0.2) is 47.4 Å². The van der Waals surface area contributed by atoms with E-state index in [4.69, 9.17) is 16.3 Å². The molecule has 0 spiro atoms. The zero-order valence-electron chi connectivity index (χ0n) is 14.2. The summed E-state index contributed by atoms with van der Waals surface area (Å²) in [5.41, 5.74) is 1.90. The van der Waals surface area contributed by atoms with Crippen LogP contribution in [0, 0.1) is 0 Å². The average molecular weight is 395 g/mol. The fourth-order valence-electron chi connectivity index (χ4n) is 2.80. The Morgan fingerprint density at radius 1 is 1.19 bits per heavy atom. The number of nitrogens with zero attached hydrogens (tertiary/aromatic N) is 1. The second kappa shape index (κ2) is 7.65. The van der Waals surface area contributed by atoms with Gasteiger partial charge in [0.2, 0.25) is 10.0 Å². The van der Waals surface area contributed by atoms with E-state index in [1.54, 1.807) is 41.3 Å². The van der Waals surface area contributed by atoms with E-state index in [0.717, 1.165) is 11.1 Å². The fraction of sp³-hybridized carbons (Fsp3) is 0.278. The highest BCUT2D eigenvalue weighted by molar-refractivity contribution is 7.89. The van der Waals surface area contributed by atoms with Crippen molar-refractivity contribution in [3.8, 4) is 5.75 Å². The number of sulfonamides is 1. The lowest BCUT2D eigenvalue weighted by molar-refractivity contribution is -0.134. The van der Waals surface area contributed by atoms with Crippen LogP contribution in [0.2, 0.25) is 5.02 Å². The van der Waals surface area contributed by atoms with Crippen molar-refractivity contribution in [1.82, 2.24) is 9.62 Å². The Labute approximate surface area is 157 Å². The van der Waals surface area contributed by atoms with Crippen molar-refractivity contribution in [3.05, 3.63) is 58.6 Å². The lowest BCUT2D eigenvalue weighted by Crippen LogP contribution is -2.39. The normalized spacial score (nSPS) is 14.0. The topological polar surface area (TPSA) is 75.7 Å². The highest BCUT2D eigenvalue weighted by Gasteiger charge is 2.23. The summed E-state index contributed by atoms with van der Waals surface area (Å²) in [6, 6.07) is 11.8. The standard InChI is InChI=1S/C18H19ClN2O4S/c1-20-26(23,24)17-7-2-13-8-9-21(11-14(13)10-17)18(22)12-25-16-5-3-15(19)4-6-16/h2-7,10,20H,8-9,11-12H2,1H3. The largest absolute Gasteiger partial charge is 0.484 e. The van der Waals surface area contributed by atoms with Crippen molar-refractivity contribution < 1.29 is 17.9 Å². The second-order valence-corrected chi connectivity index (χ2v) is 8.27. The molecule has 0 unspecified atom stereocenters. The minimum Gasteiger partial charge on any atom is -0.484 e. The molecule has 2 aromatic rings. The first kappa shape index (κ1) is 18.7. The van der Waals surface area contributed by atoms with Gasteiger partial charge in [0.25, 0.3) is 5.91 Å². The Kier molecular flexibility index (Phi) is 5.50. The van der Waals surface area contributed by atoms with Gasteiger partial charge in [0.05, 0.1) is 4.90 Å². The summed E-state index contributed by atoms with van der Waals surface area (Å²) >= 11 is 5.82. The molecule has 1 N–H and O–H groups in total. The molecular formula is C18H19ClN2O4S. The summed E-state index contributed by atoms with van der Waals surface area (Å²) in [5, 5.41) is 0.601. The lowest BCUT2D eigenvalue weighted by Gasteiger charge is -2.29. The van der Waals surface area contributed by atoms with Crippen molar-refractivity contribution in [2.24, 2.45) is 0 Å². The van der Waals surface area contributed by atoms with Crippen LogP contribution in [0.4, 0.5) is 0 Å². The van der Waals surface area contributed by atoms with Gasteiger partial charge < -0.3 is 9.64 Å². The van der Waals surface area contributed by atoms with Crippen LogP contribution < -0.4 is 9.46 Å². The van der Waals surface area contributed by atoms with E-state index < -0.39 is 10.0 Å². The predicted molar refractivity (Wildman–Crippen MR) is 98.8 cm³/mol. The molecule has 26 heavy (non-hydrogen) atoms. The van der Waals surface area contributed by atoms with Crippen molar-refractivity contribution >= 4 is 27.5 Å². The van der Waals surface area contributed by atoms with E-state index in [0.29, 0.717) is 30.3 Å². The van der Waals surface area contributed by atoms with Gasteiger partial charge >= 0.3 is 0 Å². The van der Waals surface area contributed by atoms with E-state index >= 15 is 0 Å². The molecule has 6 nitrogen and oxygen atoms in total. The van der Waals surface area contributed by atoms with E-state index in [2.05, 4.69) is 4.72 Å². The van der Waals surface area contributed by atoms with Gasteiger partial charge in [-0.2, -0.15) is 0 Å². The summed E-state index contributed by atoms with van der Waals surface area (Å²) in [7, 11) is -2.13. The Balaban J connectivity index is 1.67. The molecule has 0 radical (unpaired) electrons. The Morgan fingerprint density at radius 3 is 2.62 bits per heavy atom. The van der Waals surface area contributed by atoms with E-state index in [1.165, 1.54) is 7.05 Å². The van der Waals surface area contributed by atoms with Crippen LogP contribution >= 0.6 is 11.6 Å². The molecule has 1 aliphatic rings. The smallest absolute Gasteiger partial charge is 0.260 e. The number of benzene rings is 2. The number of carbonyl (C=O) groups is 1. The molecule has 2 aromatic carbocycles. The SMILES string of the molecule is CNS(=O)(=O)c1ccc2c(c1)CN(C(=O)COc1ccc(Cl)cc1)CC2. The van der Waals surface area contributed by atoms with Crippen molar-refractivity contribution in [3.63, 3.8) is 0 Å². The first-order chi connectivity index (χ1) is 12.4. The van der Waals surface area contributed by atoms with Gasteiger partial charge in [-0.15, -0.1) is 0 Å². The van der Waals surface area contributed by atoms with Crippen LogP contribution in [0.5, 0.6) is 5.75 Å². The number of hydrogen-bond acceptors (Lipinski definition) is 4. The van der Waals surface area contributed by atoms with Crippen molar-refractivity contribution in [1.29, 1.82) is 0 Å². The predicted octanol–water partition coefficient (Wildman–Crippen LogP) is 2.21. The molecule has 1 aliphatic heterocycles. The van der Waals surface area contributed by atoms with Gasteiger partial charge in [-0.1, -0.05) is 17.7 Å². The van der Waals surface area contributed by atoms with E-state index in [1.807, 2.05) is 6.07 Å². The summed E-state index contributed by atoms with van der Waals surface area (Å²) < 4.78 is 31.7. The summed E-state index contributed by atoms with van der Waals surface area (Å²) in [6.07, 6.45) is 0.682. The first-order valence-electron chi connectivity index (χ1n) is 8.10. The molecule has 1 heterocycles. The zero-order valence-corrected chi connectivity index (χ0v) is 15.8. The number of halogens is 1. The van der Waals surface area contributed by atoms with Gasteiger partial charge in [0.1, 0.15) is 5.75 Å². The quantitative estimate of drug-likeness (QED) is 0.843. The third-order valence-corrected chi connectivity index (χ3v) is 5.96. The molecule has 0 bridgehead atoms. The molecule has 0 fully saturated rings. The summed E-state index contributed by atoms with van der Waals surface area (Å²) in [5.74, 6) is 0.426. The zero-order chi connectivity index (χ0) is 18.7. The molecule has 3 rings (SSSR count). The molecular weight excluding hydrogens is 376 g/mol. The van der Waals surface area contributed by atoms with Crippen LogP contribution in [0.25, 0.3) is 0 Å². The molecule has 0 aliphatic carbocycles. The Bertz CT molecular complexity index is 913. The minimum atomic E-state index is -3.51. The van der Waals surface area contributed by atoms with Gasteiger partial charge in [-0.3, -0.25) is 4.79 Å². The number of hydrogen-bond donors (Lipinski definition) is 1. The molecule has 8 heteroatoms. The molecule has 138 valence electrons. The van der Waals surface area contributed by atoms with Gasteiger partial charge in [-0.05, 0) is 61.0 Å². The summed E-state index contributed by atoms with van der Waals surface area (Å²) in [6.45, 7) is 0.866. The molecule has 1 amide bonds. The third kappa shape index (κ3) is 4.17. The van der Waals surface area contributed by atoms with E-state index in [-0.39, 0.29) is 17.4 Å². The third-order valence-electron chi connectivity index (χ3n) is 4.30. The number of rotatable bonds is 5. The highest BCUT2D eigenvalue weighted by Crippen LogP contribution is 2.23. The van der Waals surface area contributed by atoms with E-state index in [9.17, 15) is 13.2 Å². The first-order valence-corrected chi connectivity index (χ1v) is 9.96. The number of amides is 1. The molecule has 0 saturated heterocycles. The maximum absolute atomic E-state index is 12.4. The van der Waals surface area contributed by atoms with Crippen LogP contribution in [0.1, 0.15) is 11.1 Å². The van der Waals surface area contributed by atoms with Crippen LogP contribution in [-0.4, -0.2) is 39.4 Å². The minimum absolute atomic E-state index is 0.0779. The van der Waals surface area contributed by atoms with Crippen LogP contribution in [-0.2, 0) is 27.8 Å². The number of carbonyl (C=O) groups excluding carboxylic acids is 1. The maximum Gasteiger partial charge on any atom is 0.260 e. The number of nitrogens with one attached hydrogen (secondary N) is 1. The van der Waals surface area contributed by atoms with Crippen molar-refractivity contribution in [2.45, 2.75) is 17.9 Å². The highest BCUT2D eigenvalue weighted by atomic mass is 35.5. The Morgan fingerprint density at radius 2 is 1.92 bits per heavy atom. The maximum atomic E-state index is 12.4. The number of fused-ring (bicyclic) bond motifs is 1. The number of ether oxygens (including phenoxy) is 1. The molecule has 0 atom stereocenters. The van der Waals surface area contributed by atoms with Gasteiger partial charge in [0, 0.05) is 18.1 Å². The second-order valence-electron chi connectivity index (χ2n) is 5.95. The Hall–Kier alpha value is -2.09. The van der Waals surface area contributed by atoms with Crippen molar-refractivity contribution in [2.75, 3.05) is 20.2 Å². The van der Waals surface area contributed by atoms with Gasteiger partial charge in [-0.25, -0.2) is 13.1 Å². The molecule has 0 aromatic heterocycles. The summed E-state index contributed by atoms with van der Waals surface area (Å²) in [4.78, 5) is 14.3. The average Bonchev–Trinajstić information content (AvgIpc) is 2.66. The monoisotopic (exact) mass is 394 g/mol. The van der Waals surface area contributed by atoms with Crippen LogP contribution in [0.3, 0.4) is 0 Å². The lowest BCUT2D eigenvalue weighted by atomic mass is 10.00. The van der Waals surface area contributed by atoms with Gasteiger partial charge in [0.15, 0.2) is 6.61 Å². The fourth-order valence-corrected chi connectivity index (χ4v) is 3.70.